The smallest absolute Gasteiger partial charge is 0.300 e. The highest BCUT2D eigenvalue weighted by Gasteiger charge is 2.22. The van der Waals surface area contributed by atoms with Crippen molar-refractivity contribution >= 4 is 5.78 Å². The van der Waals surface area contributed by atoms with Gasteiger partial charge in [-0.2, -0.15) is 0 Å². The third-order valence-electron chi connectivity index (χ3n) is 3.98. The number of ketones is 1. The number of Topliss-reactive ketones (excluding diaryl/α,β-unsaturated/α-hetero) is 1. The Hall–Kier alpha value is -1.65. The van der Waals surface area contributed by atoms with Gasteiger partial charge in [-0.25, -0.2) is 4.79 Å². The summed E-state index contributed by atoms with van der Waals surface area (Å²) in [5.41, 5.74) is -0.755. The summed E-state index contributed by atoms with van der Waals surface area (Å²) in [5, 5.41) is 0. The number of rotatable bonds is 5. The van der Waals surface area contributed by atoms with Gasteiger partial charge in [0.1, 0.15) is 0 Å². The lowest BCUT2D eigenvalue weighted by atomic mass is 9.86. The van der Waals surface area contributed by atoms with Gasteiger partial charge < -0.3 is 4.57 Å². The average Bonchev–Trinajstić information content (AvgIpc) is 2.47. The van der Waals surface area contributed by atoms with Gasteiger partial charge in [0.2, 0.25) is 0 Å². The van der Waals surface area contributed by atoms with Gasteiger partial charge in [-0.15, -0.1) is 0 Å². The van der Waals surface area contributed by atoms with Crippen LogP contribution in [0.15, 0.2) is 21.9 Å². The summed E-state index contributed by atoms with van der Waals surface area (Å²) in [5.74, 6) is 0.0491. The van der Waals surface area contributed by atoms with E-state index < -0.39 is 0 Å². The fraction of sp³-hybridized carbons (Fsp3) is 0.667. The number of carbonyl (C=O) groups is 1. The number of hydrogen-bond donors (Lipinski definition) is 0. The highest BCUT2D eigenvalue weighted by atomic mass is 16.2. The molecule has 0 N–H and O–H groups in total. The zero-order chi connectivity index (χ0) is 14.5. The lowest BCUT2D eigenvalue weighted by molar-refractivity contribution is -0.124. The Balaban J connectivity index is 2.19. The van der Waals surface area contributed by atoms with Crippen LogP contribution in [0, 0.1) is 5.92 Å². The Bertz CT molecular complexity index is 580. The Morgan fingerprint density at radius 1 is 1.25 bits per heavy atom. The Labute approximate surface area is 118 Å². The van der Waals surface area contributed by atoms with Crippen molar-refractivity contribution in [1.82, 2.24) is 9.13 Å². The van der Waals surface area contributed by atoms with Gasteiger partial charge in [0.15, 0.2) is 5.78 Å². The molecule has 0 atom stereocenters. The second kappa shape index (κ2) is 6.68. The van der Waals surface area contributed by atoms with Crippen LogP contribution in [0.5, 0.6) is 0 Å². The number of aromatic nitrogens is 2. The van der Waals surface area contributed by atoms with Crippen LogP contribution in [0.2, 0.25) is 0 Å². The van der Waals surface area contributed by atoms with E-state index in [1.807, 2.05) is 6.92 Å². The van der Waals surface area contributed by atoms with Crippen LogP contribution in [0.25, 0.3) is 0 Å². The number of nitrogens with zero attached hydrogens (tertiary/aromatic N) is 2. The summed E-state index contributed by atoms with van der Waals surface area (Å²) >= 11 is 0. The Kier molecular flexibility index (Phi) is 4.93. The molecule has 1 fully saturated rings. The van der Waals surface area contributed by atoms with Gasteiger partial charge in [-0.05, 0) is 19.3 Å². The Morgan fingerprint density at radius 2 is 1.95 bits per heavy atom. The minimum Gasteiger partial charge on any atom is -0.300 e. The van der Waals surface area contributed by atoms with Crippen molar-refractivity contribution < 1.29 is 4.79 Å². The van der Waals surface area contributed by atoms with Crippen molar-refractivity contribution in [3.63, 3.8) is 0 Å². The number of hydrogen-bond acceptors (Lipinski definition) is 3. The van der Waals surface area contributed by atoms with E-state index in [4.69, 9.17) is 0 Å². The summed E-state index contributed by atoms with van der Waals surface area (Å²) in [6.07, 6.45) is 7.43. The van der Waals surface area contributed by atoms with Crippen molar-refractivity contribution in [2.75, 3.05) is 0 Å². The molecule has 110 valence electrons. The van der Waals surface area contributed by atoms with Crippen LogP contribution in [-0.4, -0.2) is 14.9 Å². The van der Waals surface area contributed by atoms with Crippen LogP contribution in [0.1, 0.15) is 45.4 Å². The van der Waals surface area contributed by atoms with Crippen molar-refractivity contribution in [2.45, 2.75) is 58.5 Å². The second-order valence-corrected chi connectivity index (χ2v) is 5.52. The molecule has 0 spiro atoms. The predicted molar refractivity (Wildman–Crippen MR) is 76.8 cm³/mol. The molecule has 1 heterocycles. The summed E-state index contributed by atoms with van der Waals surface area (Å²) in [6.45, 7) is 2.46. The number of aryl methyl sites for hydroxylation is 1. The molecule has 0 aliphatic heterocycles. The van der Waals surface area contributed by atoms with Gasteiger partial charge in [-0.3, -0.25) is 14.2 Å². The second-order valence-electron chi connectivity index (χ2n) is 5.52. The first kappa shape index (κ1) is 14.8. The normalized spacial score (nSPS) is 16.2. The maximum Gasteiger partial charge on any atom is 0.331 e. The highest BCUT2D eigenvalue weighted by Crippen LogP contribution is 2.24. The van der Waals surface area contributed by atoms with Crippen LogP contribution >= 0.6 is 0 Å². The topological polar surface area (TPSA) is 61.1 Å². The van der Waals surface area contributed by atoms with E-state index >= 15 is 0 Å². The van der Waals surface area contributed by atoms with Crippen LogP contribution < -0.4 is 11.2 Å². The predicted octanol–water partition coefficient (Wildman–Crippen LogP) is 1.57. The molecule has 2 rings (SSSR count). The van der Waals surface area contributed by atoms with Crippen LogP contribution in [0.4, 0.5) is 0 Å². The molecule has 1 aromatic heterocycles. The zero-order valence-electron chi connectivity index (χ0n) is 12.0. The maximum absolute atomic E-state index is 12.2. The Morgan fingerprint density at radius 3 is 2.60 bits per heavy atom. The fourth-order valence-electron chi connectivity index (χ4n) is 2.82. The van der Waals surface area contributed by atoms with E-state index in [0.717, 1.165) is 36.7 Å². The van der Waals surface area contributed by atoms with E-state index in [9.17, 15) is 14.4 Å². The molecule has 1 aliphatic rings. The summed E-state index contributed by atoms with van der Waals surface area (Å²) in [6, 6.07) is 1.37. The molecule has 0 bridgehead atoms. The van der Waals surface area contributed by atoms with E-state index in [1.165, 1.54) is 23.3 Å². The molecule has 0 radical (unpaired) electrons. The number of carbonyl (C=O) groups excluding carboxylic acids is 1. The lowest BCUT2D eigenvalue weighted by Gasteiger charge is -2.20. The van der Waals surface area contributed by atoms with Gasteiger partial charge in [0.05, 0.1) is 6.54 Å². The minimum atomic E-state index is -0.383. The molecular formula is C15H22N2O3. The first-order chi connectivity index (χ1) is 9.63. The molecule has 1 saturated carbocycles. The molecule has 5 nitrogen and oxygen atoms in total. The van der Waals surface area contributed by atoms with Gasteiger partial charge in [0.25, 0.3) is 5.56 Å². The molecule has 0 amide bonds. The summed E-state index contributed by atoms with van der Waals surface area (Å²) in [7, 11) is 0. The minimum absolute atomic E-state index is 0.0230. The lowest BCUT2D eigenvalue weighted by Crippen LogP contribution is -2.41. The van der Waals surface area contributed by atoms with E-state index in [2.05, 4.69) is 0 Å². The van der Waals surface area contributed by atoms with Crippen molar-refractivity contribution in [3.05, 3.63) is 33.1 Å². The monoisotopic (exact) mass is 278 g/mol. The van der Waals surface area contributed by atoms with E-state index in [-0.39, 0.29) is 29.5 Å². The molecule has 0 aromatic carbocycles. The molecule has 0 saturated heterocycles. The first-order valence-electron chi connectivity index (χ1n) is 7.46. The quantitative estimate of drug-likeness (QED) is 0.821. The van der Waals surface area contributed by atoms with E-state index in [0.29, 0.717) is 6.54 Å². The van der Waals surface area contributed by atoms with Crippen LogP contribution in [0.3, 0.4) is 0 Å². The van der Waals surface area contributed by atoms with Gasteiger partial charge in [-0.1, -0.05) is 26.2 Å². The fourth-order valence-corrected chi connectivity index (χ4v) is 2.82. The molecule has 1 aliphatic carbocycles. The third-order valence-corrected chi connectivity index (χ3v) is 3.98. The molecule has 5 heteroatoms. The standard InChI is InChI=1S/C15H22N2O3/c1-2-9-16-10-8-14(19)17(15(16)20)11-13(18)12-6-4-3-5-7-12/h8,10,12H,2-7,9,11H2,1H3. The highest BCUT2D eigenvalue weighted by molar-refractivity contribution is 5.80. The molecule has 0 unspecified atom stereocenters. The largest absolute Gasteiger partial charge is 0.331 e. The zero-order valence-corrected chi connectivity index (χ0v) is 12.0. The summed E-state index contributed by atoms with van der Waals surface area (Å²) in [4.78, 5) is 36.2. The van der Waals surface area contributed by atoms with Crippen molar-refractivity contribution in [1.29, 1.82) is 0 Å². The van der Waals surface area contributed by atoms with Crippen LogP contribution in [-0.2, 0) is 17.9 Å². The third kappa shape index (κ3) is 3.26. The first-order valence-corrected chi connectivity index (χ1v) is 7.46. The summed E-state index contributed by atoms with van der Waals surface area (Å²) < 4.78 is 2.57. The molecule has 1 aromatic rings. The van der Waals surface area contributed by atoms with E-state index in [1.54, 1.807) is 0 Å². The van der Waals surface area contributed by atoms with Gasteiger partial charge >= 0.3 is 5.69 Å². The molecule has 20 heavy (non-hydrogen) atoms. The maximum atomic E-state index is 12.2. The SMILES string of the molecule is CCCn1ccc(=O)n(CC(=O)C2CCCCC2)c1=O. The van der Waals surface area contributed by atoms with Crippen molar-refractivity contribution in [2.24, 2.45) is 5.92 Å². The molecular weight excluding hydrogens is 256 g/mol. The van der Waals surface area contributed by atoms with Gasteiger partial charge in [0, 0.05) is 24.7 Å². The van der Waals surface area contributed by atoms with Crippen molar-refractivity contribution in [3.8, 4) is 0 Å². The average molecular weight is 278 g/mol.